The van der Waals surface area contributed by atoms with Gasteiger partial charge in [-0.25, -0.2) is 0 Å². The van der Waals surface area contributed by atoms with Gasteiger partial charge in [-0.05, 0) is 30.3 Å². The molecule has 7 nitrogen and oxygen atoms in total. The Bertz CT molecular complexity index is 886. The average Bonchev–Trinajstić information content (AvgIpc) is 2.65. The summed E-state index contributed by atoms with van der Waals surface area (Å²) in [5.41, 5.74) is 0.346. The van der Waals surface area contributed by atoms with Gasteiger partial charge in [-0.3, -0.25) is 14.4 Å². The molecule has 3 rings (SSSR count). The van der Waals surface area contributed by atoms with Crippen molar-refractivity contribution in [2.45, 2.75) is 0 Å². The first-order valence-corrected chi connectivity index (χ1v) is 8.48. The standard InChI is InChI=1S/C18H18ClN3O4/c1-21-11-13(17(24)22-6-8-26-9-7-22)10-15(18(21)25)20-16(23)12-2-4-14(19)5-3-12/h2-5,10-11H,6-9H2,1H3,(H,20,23). The summed E-state index contributed by atoms with van der Waals surface area (Å²) in [6.07, 6.45) is 1.47. The van der Waals surface area contributed by atoms with Crippen molar-refractivity contribution in [1.29, 1.82) is 0 Å². The van der Waals surface area contributed by atoms with Crippen LogP contribution in [0, 0.1) is 0 Å². The fourth-order valence-electron chi connectivity index (χ4n) is 2.66. The number of amides is 2. The van der Waals surface area contributed by atoms with Crippen molar-refractivity contribution < 1.29 is 14.3 Å². The lowest BCUT2D eigenvalue weighted by Crippen LogP contribution is -2.41. The molecule has 0 atom stereocenters. The number of hydrogen-bond acceptors (Lipinski definition) is 4. The molecule has 1 aromatic carbocycles. The van der Waals surface area contributed by atoms with Gasteiger partial charge >= 0.3 is 0 Å². The maximum atomic E-state index is 12.6. The van der Waals surface area contributed by atoms with Crippen molar-refractivity contribution in [1.82, 2.24) is 9.47 Å². The molecule has 0 radical (unpaired) electrons. The summed E-state index contributed by atoms with van der Waals surface area (Å²) in [6, 6.07) is 7.71. The second-order valence-electron chi connectivity index (χ2n) is 5.92. The molecule has 2 heterocycles. The van der Waals surface area contributed by atoms with Gasteiger partial charge in [0.2, 0.25) is 0 Å². The average molecular weight is 376 g/mol. The van der Waals surface area contributed by atoms with Crippen molar-refractivity contribution in [2.24, 2.45) is 7.05 Å². The van der Waals surface area contributed by atoms with Crippen LogP contribution in [0.5, 0.6) is 0 Å². The highest BCUT2D eigenvalue weighted by Crippen LogP contribution is 2.13. The van der Waals surface area contributed by atoms with Crippen LogP contribution in [0.15, 0.2) is 41.3 Å². The number of aryl methyl sites for hydroxylation is 1. The number of nitrogens with zero attached hydrogens (tertiary/aromatic N) is 2. The van der Waals surface area contributed by atoms with E-state index in [4.69, 9.17) is 16.3 Å². The number of pyridine rings is 1. The molecule has 1 aromatic heterocycles. The van der Waals surface area contributed by atoms with Crippen LogP contribution in [-0.2, 0) is 11.8 Å². The number of aromatic nitrogens is 1. The second kappa shape index (κ2) is 7.72. The minimum absolute atomic E-state index is 0.0477. The van der Waals surface area contributed by atoms with Gasteiger partial charge < -0.3 is 19.5 Å². The first-order chi connectivity index (χ1) is 12.5. The van der Waals surface area contributed by atoms with Crippen molar-refractivity contribution in [3.63, 3.8) is 0 Å². The van der Waals surface area contributed by atoms with Gasteiger partial charge in [0, 0.05) is 36.9 Å². The number of rotatable bonds is 3. The molecule has 0 bridgehead atoms. The number of benzene rings is 1. The summed E-state index contributed by atoms with van der Waals surface area (Å²) in [5, 5.41) is 3.08. The van der Waals surface area contributed by atoms with E-state index < -0.39 is 11.5 Å². The Balaban J connectivity index is 1.86. The normalized spacial score (nSPS) is 14.2. The molecule has 8 heteroatoms. The van der Waals surface area contributed by atoms with Crippen LogP contribution < -0.4 is 10.9 Å². The fourth-order valence-corrected chi connectivity index (χ4v) is 2.79. The third kappa shape index (κ3) is 3.95. The number of morpholine rings is 1. The highest BCUT2D eigenvalue weighted by atomic mass is 35.5. The van der Waals surface area contributed by atoms with Crippen LogP contribution in [0.4, 0.5) is 5.69 Å². The molecule has 136 valence electrons. The van der Waals surface area contributed by atoms with Gasteiger partial charge in [0.25, 0.3) is 17.4 Å². The van der Waals surface area contributed by atoms with E-state index in [0.29, 0.717) is 42.5 Å². The maximum absolute atomic E-state index is 12.6. The molecule has 1 fully saturated rings. The maximum Gasteiger partial charge on any atom is 0.274 e. The predicted octanol–water partition coefficient (Wildman–Crippen LogP) is 1.76. The highest BCUT2D eigenvalue weighted by molar-refractivity contribution is 6.30. The van der Waals surface area contributed by atoms with E-state index in [0.717, 1.165) is 0 Å². The summed E-state index contributed by atoms with van der Waals surface area (Å²) in [7, 11) is 1.54. The van der Waals surface area contributed by atoms with Gasteiger partial charge in [0.05, 0.1) is 18.8 Å². The summed E-state index contributed by atoms with van der Waals surface area (Å²) >= 11 is 5.82. The molecular weight excluding hydrogens is 358 g/mol. The number of halogens is 1. The van der Waals surface area contributed by atoms with E-state index >= 15 is 0 Å². The molecule has 0 aliphatic carbocycles. The third-order valence-electron chi connectivity index (χ3n) is 4.08. The number of ether oxygens (including phenoxy) is 1. The van der Waals surface area contributed by atoms with E-state index in [2.05, 4.69) is 5.32 Å². The Hall–Kier alpha value is -2.64. The monoisotopic (exact) mass is 375 g/mol. The van der Waals surface area contributed by atoms with E-state index in [-0.39, 0.29) is 11.6 Å². The zero-order valence-electron chi connectivity index (χ0n) is 14.2. The van der Waals surface area contributed by atoms with Gasteiger partial charge in [-0.1, -0.05) is 11.6 Å². The van der Waals surface area contributed by atoms with Crippen molar-refractivity contribution >= 4 is 29.1 Å². The minimum atomic E-state index is -0.449. The van der Waals surface area contributed by atoms with E-state index in [1.807, 2.05) is 0 Å². The Morgan fingerprint density at radius 3 is 2.42 bits per heavy atom. The molecule has 1 saturated heterocycles. The second-order valence-corrected chi connectivity index (χ2v) is 6.36. The molecule has 0 saturated carbocycles. The lowest BCUT2D eigenvalue weighted by Gasteiger charge is -2.27. The predicted molar refractivity (Wildman–Crippen MR) is 97.8 cm³/mol. The molecule has 26 heavy (non-hydrogen) atoms. The number of nitrogens with one attached hydrogen (secondary N) is 1. The molecule has 1 aliphatic rings. The summed E-state index contributed by atoms with van der Waals surface area (Å²) in [5.74, 6) is -0.652. The van der Waals surface area contributed by atoms with Crippen LogP contribution in [-0.4, -0.2) is 47.6 Å². The van der Waals surface area contributed by atoms with Gasteiger partial charge in [-0.2, -0.15) is 0 Å². The summed E-state index contributed by atoms with van der Waals surface area (Å²) < 4.78 is 6.53. The lowest BCUT2D eigenvalue weighted by molar-refractivity contribution is 0.0302. The van der Waals surface area contributed by atoms with Crippen LogP contribution in [0.1, 0.15) is 20.7 Å². The number of anilines is 1. The molecule has 0 spiro atoms. The lowest BCUT2D eigenvalue weighted by atomic mass is 10.2. The van der Waals surface area contributed by atoms with Gasteiger partial charge in [0.1, 0.15) is 5.69 Å². The van der Waals surface area contributed by atoms with Crippen LogP contribution in [0.3, 0.4) is 0 Å². The summed E-state index contributed by atoms with van der Waals surface area (Å²) in [4.78, 5) is 39.0. The fraction of sp³-hybridized carbons (Fsp3) is 0.278. The molecule has 2 aromatic rings. The Labute approximate surface area is 155 Å². The third-order valence-corrected chi connectivity index (χ3v) is 4.34. The van der Waals surface area contributed by atoms with Crippen molar-refractivity contribution in [3.05, 3.63) is 63.0 Å². The first-order valence-electron chi connectivity index (χ1n) is 8.10. The SMILES string of the molecule is Cn1cc(C(=O)N2CCOCC2)cc(NC(=O)c2ccc(Cl)cc2)c1=O. The number of hydrogen-bond donors (Lipinski definition) is 1. The Morgan fingerprint density at radius 2 is 1.77 bits per heavy atom. The molecule has 0 unspecified atom stereocenters. The Kier molecular flexibility index (Phi) is 5.39. The van der Waals surface area contributed by atoms with Crippen molar-refractivity contribution in [2.75, 3.05) is 31.6 Å². The largest absolute Gasteiger partial charge is 0.378 e. The summed E-state index contributed by atoms with van der Waals surface area (Å²) in [6.45, 7) is 1.96. The Morgan fingerprint density at radius 1 is 1.12 bits per heavy atom. The molecule has 1 N–H and O–H groups in total. The molecule has 1 aliphatic heterocycles. The quantitative estimate of drug-likeness (QED) is 0.886. The van der Waals surface area contributed by atoms with Gasteiger partial charge in [-0.15, -0.1) is 0 Å². The van der Waals surface area contributed by atoms with Crippen LogP contribution in [0.2, 0.25) is 5.02 Å². The minimum Gasteiger partial charge on any atom is -0.378 e. The number of carbonyl (C=O) groups excluding carboxylic acids is 2. The topological polar surface area (TPSA) is 80.6 Å². The van der Waals surface area contributed by atoms with E-state index in [9.17, 15) is 14.4 Å². The van der Waals surface area contributed by atoms with E-state index in [1.54, 1.807) is 29.2 Å². The molecular formula is C18H18ClN3O4. The smallest absolute Gasteiger partial charge is 0.274 e. The first kappa shape index (κ1) is 18.2. The van der Waals surface area contributed by atoms with Crippen molar-refractivity contribution in [3.8, 4) is 0 Å². The van der Waals surface area contributed by atoms with Crippen LogP contribution >= 0.6 is 11.6 Å². The van der Waals surface area contributed by atoms with E-state index in [1.165, 1.54) is 23.9 Å². The zero-order valence-corrected chi connectivity index (χ0v) is 15.0. The number of carbonyl (C=O) groups is 2. The highest BCUT2D eigenvalue weighted by Gasteiger charge is 2.21. The van der Waals surface area contributed by atoms with Gasteiger partial charge in [0.15, 0.2) is 0 Å². The molecule has 2 amide bonds. The zero-order chi connectivity index (χ0) is 18.7. The van der Waals surface area contributed by atoms with Crippen LogP contribution in [0.25, 0.3) is 0 Å².